The quantitative estimate of drug-likeness (QED) is 0.625. The molecule has 110 valence electrons. The van der Waals surface area contributed by atoms with E-state index in [-0.39, 0.29) is 11.5 Å². The van der Waals surface area contributed by atoms with Crippen molar-refractivity contribution in [3.05, 3.63) is 23.8 Å². The fourth-order valence-corrected chi connectivity index (χ4v) is 1.75. The first-order valence-electron chi connectivity index (χ1n) is 6.23. The van der Waals surface area contributed by atoms with Crippen LogP contribution in [0, 0.1) is 5.92 Å². The molecule has 0 radical (unpaired) electrons. The molecule has 1 aromatic carbocycles. The number of anilines is 1. The number of hydrogen-bond acceptors (Lipinski definition) is 5. The number of benzene rings is 1. The molecular weight excluding hydrogens is 260 g/mol. The average Bonchev–Trinajstić information content (AvgIpc) is 2.43. The summed E-state index contributed by atoms with van der Waals surface area (Å²) >= 11 is 0. The van der Waals surface area contributed by atoms with E-state index in [1.807, 2.05) is 13.8 Å². The maximum atomic E-state index is 12.3. The number of hydrogen-bond donors (Lipinski definition) is 2. The number of esters is 1. The molecule has 1 amide bonds. The van der Waals surface area contributed by atoms with Crippen molar-refractivity contribution in [3.8, 4) is 5.75 Å². The molecule has 0 spiro atoms. The lowest BCUT2D eigenvalue weighted by atomic mass is 10.0. The van der Waals surface area contributed by atoms with E-state index >= 15 is 0 Å². The molecule has 1 unspecified atom stereocenters. The number of nitrogens with two attached hydrogens (primary N) is 1. The minimum absolute atomic E-state index is 0.0987. The van der Waals surface area contributed by atoms with Crippen LogP contribution in [0.25, 0.3) is 0 Å². The van der Waals surface area contributed by atoms with Crippen LogP contribution in [0.3, 0.4) is 0 Å². The monoisotopic (exact) mass is 280 g/mol. The van der Waals surface area contributed by atoms with Crippen molar-refractivity contribution in [3.63, 3.8) is 0 Å². The molecule has 0 fully saturated rings. The van der Waals surface area contributed by atoms with Gasteiger partial charge < -0.3 is 20.5 Å². The van der Waals surface area contributed by atoms with E-state index in [0.717, 1.165) is 0 Å². The first kappa shape index (κ1) is 15.8. The van der Waals surface area contributed by atoms with E-state index in [2.05, 4.69) is 10.1 Å². The Morgan fingerprint density at radius 2 is 1.90 bits per heavy atom. The molecule has 0 aromatic heterocycles. The van der Waals surface area contributed by atoms with Crippen LogP contribution in [0.5, 0.6) is 5.75 Å². The third-order valence-electron chi connectivity index (χ3n) is 2.88. The van der Waals surface area contributed by atoms with Crippen LogP contribution in [0.2, 0.25) is 0 Å². The molecule has 6 nitrogen and oxygen atoms in total. The molecule has 3 N–H and O–H groups in total. The summed E-state index contributed by atoms with van der Waals surface area (Å²) in [4.78, 5) is 23.9. The average molecular weight is 280 g/mol. The highest BCUT2D eigenvalue weighted by Crippen LogP contribution is 2.21. The van der Waals surface area contributed by atoms with Crippen LogP contribution in [-0.4, -0.2) is 32.1 Å². The van der Waals surface area contributed by atoms with Gasteiger partial charge in [0, 0.05) is 5.69 Å². The zero-order valence-electron chi connectivity index (χ0n) is 12.1. The van der Waals surface area contributed by atoms with Gasteiger partial charge in [-0.25, -0.2) is 4.79 Å². The van der Waals surface area contributed by atoms with Crippen molar-refractivity contribution in [1.82, 2.24) is 5.32 Å². The molecule has 6 heteroatoms. The maximum absolute atomic E-state index is 12.3. The topological polar surface area (TPSA) is 90.7 Å². The largest absolute Gasteiger partial charge is 0.496 e. The van der Waals surface area contributed by atoms with Crippen molar-refractivity contribution < 1.29 is 19.1 Å². The first-order valence-corrected chi connectivity index (χ1v) is 6.23. The van der Waals surface area contributed by atoms with Crippen LogP contribution in [0.1, 0.15) is 24.2 Å². The molecule has 0 bridgehead atoms. The predicted octanol–water partition coefficient (Wildman–Crippen LogP) is 1.20. The van der Waals surface area contributed by atoms with Gasteiger partial charge >= 0.3 is 5.97 Å². The van der Waals surface area contributed by atoms with Crippen LogP contribution in [0.15, 0.2) is 18.2 Å². The van der Waals surface area contributed by atoms with Crippen LogP contribution < -0.4 is 15.8 Å². The molecule has 1 aromatic rings. The lowest BCUT2D eigenvalue weighted by molar-refractivity contribution is -0.144. The lowest BCUT2D eigenvalue weighted by Gasteiger charge is -2.20. The first-order chi connectivity index (χ1) is 9.40. The van der Waals surface area contributed by atoms with Crippen molar-refractivity contribution in [2.24, 2.45) is 5.92 Å². The van der Waals surface area contributed by atoms with Crippen molar-refractivity contribution in [2.75, 3.05) is 20.0 Å². The number of amides is 1. The third-order valence-corrected chi connectivity index (χ3v) is 2.88. The maximum Gasteiger partial charge on any atom is 0.328 e. The summed E-state index contributed by atoms with van der Waals surface area (Å²) in [5, 5.41) is 2.64. The Bertz CT molecular complexity index is 500. The Morgan fingerprint density at radius 3 is 2.40 bits per heavy atom. The van der Waals surface area contributed by atoms with E-state index in [1.54, 1.807) is 12.1 Å². The fraction of sp³-hybridized carbons (Fsp3) is 0.429. The van der Waals surface area contributed by atoms with Gasteiger partial charge in [0.15, 0.2) is 0 Å². The molecule has 1 atom stereocenters. The van der Waals surface area contributed by atoms with Gasteiger partial charge in [-0.05, 0) is 24.1 Å². The Kier molecular flexibility index (Phi) is 5.37. The van der Waals surface area contributed by atoms with Gasteiger partial charge in [-0.2, -0.15) is 0 Å². The molecular formula is C14H20N2O4. The second kappa shape index (κ2) is 6.79. The van der Waals surface area contributed by atoms with Crippen LogP contribution in [0.4, 0.5) is 5.69 Å². The van der Waals surface area contributed by atoms with Gasteiger partial charge in [-0.15, -0.1) is 0 Å². The minimum atomic E-state index is -0.723. The highest BCUT2D eigenvalue weighted by atomic mass is 16.5. The second-order valence-corrected chi connectivity index (χ2v) is 4.68. The number of ether oxygens (including phenoxy) is 2. The number of nitrogen functional groups attached to an aromatic ring is 1. The standard InChI is InChI=1S/C14H20N2O4/c1-8(2)12(14(18)20-4)16-13(17)10-7-9(15)5-6-11(10)19-3/h5-8,12H,15H2,1-4H3,(H,16,17). The minimum Gasteiger partial charge on any atom is -0.496 e. The number of rotatable bonds is 5. The molecule has 0 aliphatic carbocycles. The number of nitrogens with one attached hydrogen (secondary N) is 1. The fourth-order valence-electron chi connectivity index (χ4n) is 1.75. The van der Waals surface area contributed by atoms with Gasteiger partial charge in [0.2, 0.25) is 0 Å². The highest BCUT2D eigenvalue weighted by molar-refractivity contribution is 5.99. The van der Waals surface area contributed by atoms with Gasteiger partial charge in [-0.1, -0.05) is 13.8 Å². The molecule has 0 heterocycles. The van der Waals surface area contributed by atoms with Gasteiger partial charge in [0.1, 0.15) is 11.8 Å². The zero-order valence-corrected chi connectivity index (χ0v) is 12.1. The Labute approximate surface area is 118 Å². The highest BCUT2D eigenvalue weighted by Gasteiger charge is 2.26. The van der Waals surface area contributed by atoms with E-state index in [0.29, 0.717) is 11.4 Å². The van der Waals surface area contributed by atoms with E-state index in [9.17, 15) is 9.59 Å². The van der Waals surface area contributed by atoms with E-state index in [1.165, 1.54) is 20.3 Å². The molecule has 0 saturated heterocycles. The number of carbonyl (C=O) groups is 2. The number of carbonyl (C=O) groups excluding carboxylic acids is 2. The summed E-state index contributed by atoms with van der Waals surface area (Å²) in [5.74, 6) is -0.628. The molecule has 0 aliphatic heterocycles. The van der Waals surface area contributed by atoms with Crippen molar-refractivity contribution in [2.45, 2.75) is 19.9 Å². The second-order valence-electron chi connectivity index (χ2n) is 4.68. The summed E-state index contributed by atoms with van der Waals surface area (Å²) in [6.07, 6.45) is 0. The Balaban J connectivity index is 3.00. The van der Waals surface area contributed by atoms with E-state index in [4.69, 9.17) is 10.5 Å². The van der Waals surface area contributed by atoms with Gasteiger partial charge in [-0.3, -0.25) is 4.79 Å². The smallest absolute Gasteiger partial charge is 0.328 e. The van der Waals surface area contributed by atoms with Gasteiger partial charge in [0.05, 0.1) is 19.8 Å². The van der Waals surface area contributed by atoms with Crippen molar-refractivity contribution in [1.29, 1.82) is 0 Å². The van der Waals surface area contributed by atoms with Crippen LogP contribution in [-0.2, 0) is 9.53 Å². The third kappa shape index (κ3) is 3.63. The molecule has 0 aliphatic rings. The van der Waals surface area contributed by atoms with Crippen LogP contribution >= 0.6 is 0 Å². The summed E-state index contributed by atoms with van der Waals surface area (Å²) < 4.78 is 9.80. The summed E-state index contributed by atoms with van der Waals surface area (Å²) in [6.45, 7) is 3.64. The predicted molar refractivity (Wildman–Crippen MR) is 75.5 cm³/mol. The normalized spacial score (nSPS) is 11.8. The summed E-state index contributed by atoms with van der Waals surface area (Å²) in [6, 6.07) is 4.02. The molecule has 0 saturated carbocycles. The zero-order chi connectivity index (χ0) is 15.3. The summed E-state index contributed by atoms with van der Waals surface area (Å²) in [7, 11) is 2.74. The Hall–Kier alpha value is -2.24. The van der Waals surface area contributed by atoms with E-state index < -0.39 is 17.9 Å². The lowest BCUT2D eigenvalue weighted by Crippen LogP contribution is -2.45. The molecule has 20 heavy (non-hydrogen) atoms. The Morgan fingerprint density at radius 1 is 1.25 bits per heavy atom. The summed E-state index contributed by atoms with van der Waals surface area (Å²) in [5.41, 5.74) is 6.39. The SMILES string of the molecule is COC(=O)C(NC(=O)c1cc(N)ccc1OC)C(C)C. The van der Waals surface area contributed by atoms with Crippen molar-refractivity contribution >= 4 is 17.6 Å². The van der Waals surface area contributed by atoms with Gasteiger partial charge in [0.25, 0.3) is 5.91 Å². The molecule has 1 rings (SSSR count). The number of methoxy groups -OCH3 is 2.